The molecule has 8 nitrogen and oxygen atoms in total. The molecule has 0 aromatic carbocycles. The molecule has 9 heteroatoms. The number of nitrogens with one attached hydrogen (secondary N) is 1. The summed E-state index contributed by atoms with van der Waals surface area (Å²) in [5.41, 5.74) is 0. The fourth-order valence-corrected chi connectivity index (χ4v) is 4.09. The first-order valence-electron chi connectivity index (χ1n) is 10.9. The van der Waals surface area contributed by atoms with Crippen molar-refractivity contribution in [2.75, 3.05) is 13.2 Å². The number of piperidine rings is 1. The van der Waals surface area contributed by atoms with Gasteiger partial charge in [0.05, 0.1) is 12.6 Å². The lowest BCUT2D eigenvalue weighted by Crippen LogP contribution is -2.70. The summed E-state index contributed by atoms with van der Waals surface area (Å²) in [6.07, 6.45) is 6.46. The Labute approximate surface area is 178 Å². The molecule has 0 aromatic heterocycles. The third-order valence-electron chi connectivity index (χ3n) is 5.66. The SMILES string of the molecule is CCCCCCCCCCCCOC(=S)N[C@@H]1[C@@H](O)C(O)[C@H](O)C2COC(=O)N21. The minimum atomic E-state index is -1.41. The molecule has 2 aliphatic heterocycles. The number of unbranched alkanes of at least 4 members (excludes halogenated alkanes) is 9. The van der Waals surface area contributed by atoms with E-state index in [0.717, 1.165) is 12.8 Å². The molecule has 1 amide bonds. The van der Waals surface area contributed by atoms with E-state index in [1.165, 1.54) is 56.3 Å². The van der Waals surface area contributed by atoms with Crippen LogP contribution >= 0.6 is 12.2 Å². The van der Waals surface area contributed by atoms with Gasteiger partial charge >= 0.3 is 6.09 Å². The van der Waals surface area contributed by atoms with Crippen LogP contribution in [0.15, 0.2) is 0 Å². The molecule has 2 fully saturated rings. The van der Waals surface area contributed by atoms with Crippen LogP contribution in [0.4, 0.5) is 4.79 Å². The Balaban J connectivity index is 1.60. The van der Waals surface area contributed by atoms with Gasteiger partial charge in [-0.3, -0.25) is 4.90 Å². The van der Waals surface area contributed by atoms with Gasteiger partial charge in [0.2, 0.25) is 0 Å². The van der Waals surface area contributed by atoms with Gasteiger partial charge in [-0.05, 0) is 18.6 Å². The molecule has 0 aliphatic carbocycles. The zero-order chi connectivity index (χ0) is 21.2. The normalized spacial score (nSPS) is 28.8. The summed E-state index contributed by atoms with van der Waals surface area (Å²) >= 11 is 5.16. The topological polar surface area (TPSA) is 111 Å². The molecule has 5 atom stereocenters. The van der Waals surface area contributed by atoms with Crippen molar-refractivity contribution in [3.63, 3.8) is 0 Å². The van der Waals surface area contributed by atoms with Gasteiger partial charge in [-0.1, -0.05) is 64.7 Å². The van der Waals surface area contributed by atoms with E-state index in [2.05, 4.69) is 12.2 Å². The van der Waals surface area contributed by atoms with Crippen LogP contribution in [-0.4, -0.2) is 75.2 Å². The number of ether oxygens (including phenoxy) is 2. The lowest BCUT2D eigenvalue weighted by Gasteiger charge is -2.44. The average molecular weight is 433 g/mol. The predicted octanol–water partition coefficient (Wildman–Crippen LogP) is 2.04. The predicted molar refractivity (Wildman–Crippen MR) is 112 cm³/mol. The second-order valence-corrected chi connectivity index (χ2v) is 8.30. The van der Waals surface area contributed by atoms with E-state index in [-0.39, 0.29) is 11.8 Å². The molecule has 0 radical (unpaired) electrons. The van der Waals surface area contributed by atoms with E-state index in [9.17, 15) is 20.1 Å². The minimum absolute atomic E-state index is 0.0474. The van der Waals surface area contributed by atoms with Crippen molar-refractivity contribution in [3.8, 4) is 0 Å². The van der Waals surface area contributed by atoms with Crippen LogP contribution < -0.4 is 5.32 Å². The number of cyclic esters (lactones) is 1. The maximum atomic E-state index is 11.9. The second-order valence-electron chi connectivity index (χ2n) is 7.93. The quantitative estimate of drug-likeness (QED) is 0.274. The first kappa shape index (κ1) is 24.1. The Kier molecular flexibility index (Phi) is 10.4. The van der Waals surface area contributed by atoms with Crippen LogP contribution in [0.2, 0.25) is 0 Å². The Morgan fingerprint density at radius 3 is 2.24 bits per heavy atom. The fourth-order valence-electron chi connectivity index (χ4n) is 3.88. The highest BCUT2D eigenvalue weighted by molar-refractivity contribution is 7.80. The van der Waals surface area contributed by atoms with Gasteiger partial charge in [0.1, 0.15) is 31.1 Å². The van der Waals surface area contributed by atoms with Crippen LogP contribution in [0.25, 0.3) is 0 Å². The number of thiocarbonyl (C=S) groups is 1. The Bertz CT molecular complexity index is 523. The van der Waals surface area contributed by atoms with Gasteiger partial charge in [-0.25, -0.2) is 4.79 Å². The van der Waals surface area contributed by atoms with E-state index in [4.69, 9.17) is 21.7 Å². The van der Waals surface area contributed by atoms with Gasteiger partial charge in [0.25, 0.3) is 5.17 Å². The van der Waals surface area contributed by atoms with E-state index < -0.39 is 36.6 Å². The first-order valence-corrected chi connectivity index (χ1v) is 11.3. The number of amides is 1. The molecule has 168 valence electrons. The van der Waals surface area contributed by atoms with Gasteiger partial charge in [-0.15, -0.1) is 0 Å². The molecule has 0 aromatic rings. The summed E-state index contributed by atoms with van der Waals surface area (Å²) in [6, 6.07) is -0.733. The van der Waals surface area contributed by atoms with Crippen molar-refractivity contribution in [3.05, 3.63) is 0 Å². The number of aliphatic hydroxyl groups excluding tert-OH is 3. The van der Waals surface area contributed by atoms with Crippen molar-refractivity contribution in [1.82, 2.24) is 10.2 Å². The van der Waals surface area contributed by atoms with E-state index in [1.54, 1.807) is 0 Å². The molecule has 2 rings (SSSR count). The molecule has 2 saturated heterocycles. The summed E-state index contributed by atoms with van der Waals surface area (Å²) in [7, 11) is 0. The van der Waals surface area contributed by atoms with Crippen molar-refractivity contribution >= 4 is 23.5 Å². The molecule has 2 heterocycles. The average Bonchev–Trinajstić information content (AvgIpc) is 3.09. The summed E-state index contributed by atoms with van der Waals surface area (Å²) in [5.74, 6) is 0. The first-order chi connectivity index (χ1) is 14.0. The summed E-state index contributed by atoms with van der Waals surface area (Å²) < 4.78 is 10.4. The number of carbonyl (C=O) groups excluding carboxylic acids is 1. The van der Waals surface area contributed by atoms with E-state index in [1.807, 2.05) is 0 Å². The molecule has 4 N–H and O–H groups in total. The molecule has 2 aliphatic rings. The highest BCUT2D eigenvalue weighted by Gasteiger charge is 2.54. The molecule has 2 unspecified atom stereocenters. The fraction of sp³-hybridized carbons (Fsp3) is 0.900. The smallest absolute Gasteiger partial charge is 0.412 e. The molecule has 0 spiro atoms. The second kappa shape index (κ2) is 12.5. The number of fused-ring (bicyclic) bond motifs is 1. The number of rotatable bonds is 12. The molecule has 0 saturated carbocycles. The number of aliphatic hydroxyl groups is 3. The summed E-state index contributed by atoms with van der Waals surface area (Å²) in [5, 5.41) is 33.1. The third-order valence-corrected chi connectivity index (χ3v) is 5.90. The van der Waals surface area contributed by atoms with Gasteiger partial charge in [0, 0.05) is 0 Å². The van der Waals surface area contributed by atoms with Crippen molar-refractivity contribution in [1.29, 1.82) is 0 Å². The minimum Gasteiger partial charge on any atom is -0.471 e. The largest absolute Gasteiger partial charge is 0.471 e. The monoisotopic (exact) mass is 432 g/mol. The Hall–Kier alpha value is -1.16. The van der Waals surface area contributed by atoms with Gasteiger partial charge in [0.15, 0.2) is 0 Å². The third kappa shape index (κ3) is 6.94. The van der Waals surface area contributed by atoms with Crippen molar-refractivity contribution < 1.29 is 29.6 Å². The van der Waals surface area contributed by atoms with Gasteiger partial charge < -0.3 is 30.1 Å². The highest BCUT2D eigenvalue weighted by atomic mass is 32.1. The maximum Gasteiger partial charge on any atom is 0.412 e. The molecule has 29 heavy (non-hydrogen) atoms. The Morgan fingerprint density at radius 1 is 1.03 bits per heavy atom. The van der Waals surface area contributed by atoms with Crippen LogP contribution in [-0.2, 0) is 9.47 Å². The molecular weight excluding hydrogens is 396 g/mol. The maximum absolute atomic E-state index is 11.9. The standard InChI is InChI=1S/C20H36N2O6S/c1-2-3-4-5-6-7-8-9-10-11-12-27-19(29)21-18-17(25)16(24)15(23)14-13-28-20(26)22(14)18/h14-18,23-25H,2-13H2,1H3,(H,21,29)/t14?,15-,16?,17+,18+/m1/s1. The molecule has 0 bridgehead atoms. The van der Waals surface area contributed by atoms with Crippen LogP contribution in [0.3, 0.4) is 0 Å². The van der Waals surface area contributed by atoms with Crippen molar-refractivity contribution in [2.24, 2.45) is 0 Å². The zero-order valence-electron chi connectivity index (χ0n) is 17.3. The zero-order valence-corrected chi connectivity index (χ0v) is 18.1. The van der Waals surface area contributed by atoms with E-state index in [0.29, 0.717) is 6.61 Å². The number of hydrogen-bond donors (Lipinski definition) is 4. The van der Waals surface area contributed by atoms with Crippen LogP contribution in [0.1, 0.15) is 71.1 Å². The number of hydrogen-bond acceptors (Lipinski definition) is 7. The van der Waals surface area contributed by atoms with Crippen molar-refractivity contribution in [2.45, 2.75) is 102 Å². The van der Waals surface area contributed by atoms with Gasteiger partial charge in [-0.2, -0.15) is 0 Å². The lowest BCUT2D eigenvalue weighted by molar-refractivity contribution is -0.145. The Morgan fingerprint density at radius 2 is 1.62 bits per heavy atom. The summed E-state index contributed by atoms with van der Waals surface area (Å²) in [4.78, 5) is 13.1. The lowest BCUT2D eigenvalue weighted by atomic mass is 9.93. The van der Waals surface area contributed by atoms with Crippen LogP contribution in [0, 0.1) is 0 Å². The highest BCUT2D eigenvalue weighted by Crippen LogP contribution is 2.28. The van der Waals surface area contributed by atoms with E-state index >= 15 is 0 Å². The number of carbonyl (C=O) groups is 1. The summed E-state index contributed by atoms with van der Waals surface area (Å²) in [6.45, 7) is 2.63. The molecular formula is C20H36N2O6S. The van der Waals surface area contributed by atoms with Crippen LogP contribution in [0.5, 0.6) is 0 Å². The number of nitrogens with zero attached hydrogens (tertiary/aromatic N) is 1.